The second-order valence-electron chi connectivity index (χ2n) is 3.86. The van der Waals surface area contributed by atoms with Gasteiger partial charge in [-0.15, -0.1) is 0 Å². The van der Waals surface area contributed by atoms with Crippen molar-refractivity contribution in [1.29, 1.82) is 0 Å². The Bertz CT molecular complexity index is 106. The first-order chi connectivity index (χ1) is 6.81. The minimum Gasteiger partial charge on any atom is -0.379 e. The predicted molar refractivity (Wildman–Crippen MR) is 62.7 cm³/mol. The largest absolute Gasteiger partial charge is 0.379 e. The lowest BCUT2D eigenvalue weighted by Gasteiger charge is -2.09. The summed E-state index contributed by atoms with van der Waals surface area (Å²) in [6, 6.07) is 0. The van der Waals surface area contributed by atoms with Gasteiger partial charge in [-0.25, -0.2) is 0 Å². The van der Waals surface area contributed by atoms with E-state index >= 15 is 0 Å². The molecule has 0 spiro atoms. The van der Waals surface area contributed by atoms with Crippen molar-refractivity contribution in [3.8, 4) is 0 Å². The molecule has 0 heterocycles. The third kappa shape index (κ3) is 10.0. The maximum Gasteiger partial charge on any atom is 0.0544 e. The van der Waals surface area contributed by atoms with E-state index in [0.717, 1.165) is 19.6 Å². The Morgan fingerprint density at radius 2 is 1.79 bits per heavy atom. The van der Waals surface area contributed by atoms with E-state index in [0.29, 0.717) is 6.10 Å². The van der Waals surface area contributed by atoms with E-state index < -0.39 is 0 Å². The van der Waals surface area contributed by atoms with E-state index in [4.69, 9.17) is 4.74 Å². The zero-order chi connectivity index (χ0) is 10.6. The molecule has 0 saturated carbocycles. The summed E-state index contributed by atoms with van der Waals surface area (Å²) in [6.45, 7) is 9.67. The summed E-state index contributed by atoms with van der Waals surface area (Å²) in [6.07, 6.45) is 6.73. The summed E-state index contributed by atoms with van der Waals surface area (Å²) >= 11 is 0. The van der Waals surface area contributed by atoms with Crippen LogP contribution in [-0.2, 0) is 4.74 Å². The summed E-state index contributed by atoms with van der Waals surface area (Å²) in [5, 5.41) is 3.34. The molecule has 0 amide bonds. The first-order valence-electron chi connectivity index (χ1n) is 6.13. The zero-order valence-electron chi connectivity index (χ0n) is 10.1. The molecule has 0 fully saturated rings. The van der Waals surface area contributed by atoms with Gasteiger partial charge in [-0.05, 0) is 39.3 Å². The first kappa shape index (κ1) is 13.9. The molecule has 14 heavy (non-hydrogen) atoms. The van der Waals surface area contributed by atoms with Gasteiger partial charge in [0.1, 0.15) is 0 Å². The normalized spacial score (nSPS) is 13.1. The Morgan fingerprint density at radius 3 is 2.43 bits per heavy atom. The van der Waals surface area contributed by atoms with Gasteiger partial charge < -0.3 is 10.1 Å². The average Bonchev–Trinajstić information content (AvgIpc) is 2.21. The Balaban J connectivity index is 2.92. The fourth-order valence-electron chi connectivity index (χ4n) is 1.28. The number of ether oxygens (including phenoxy) is 1. The Hall–Kier alpha value is -0.0800. The van der Waals surface area contributed by atoms with Crippen LogP contribution >= 0.6 is 0 Å². The SMILES string of the molecule is CCNCCCCCCOC(C)CC. The highest BCUT2D eigenvalue weighted by Crippen LogP contribution is 2.02. The predicted octanol–water partition coefficient (Wildman–Crippen LogP) is 2.97. The van der Waals surface area contributed by atoms with E-state index in [1.165, 1.54) is 32.2 Å². The molecule has 0 aromatic heterocycles. The van der Waals surface area contributed by atoms with Crippen molar-refractivity contribution in [1.82, 2.24) is 5.32 Å². The number of hydrogen-bond acceptors (Lipinski definition) is 2. The summed E-state index contributed by atoms with van der Waals surface area (Å²) in [5.41, 5.74) is 0. The van der Waals surface area contributed by atoms with E-state index in [2.05, 4.69) is 26.1 Å². The first-order valence-corrected chi connectivity index (χ1v) is 6.13. The summed E-state index contributed by atoms with van der Waals surface area (Å²) in [5.74, 6) is 0. The fraction of sp³-hybridized carbons (Fsp3) is 1.00. The maximum absolute atomic E-state index is 5.60. The molecule has 0 aromatic carbocycles. The zero-order valence-corrected chi connectivity index (χ0v) is 10.1. The summed E-state index contributed by atoms with van der Waals surface area (Å²) in [7, 11) is 0. The summed E-state index contributed by atoms with van der Waals surface area (Å²) in [4.78, 5) is 0. The molecule has 0 aliphatic carbocycles. The molecule has 0 aliphatic rings. The van der Waals surface area contributed by atoms with Crippen LogP contribution in [0.5, 0.6) is 0 Å². The number of nitrogens with one attached hydrogen (secondary N) is 1. The smallest absolute Gasteiger partial charge is 0.0544 e. The number of unbranched alkanes of at least 4 members (excludes halogenated alkanes) is 3. The molecule has 0 bridgehead atoms. The molecule has 0 aromatic rings. The van der Waals surface area contributed by atoms with Crippen LogP contribution in [0.2, 0.25) is 0 Å². The van der Waals surface area contributed by atoms with Crippen LogP contribution in [0, 0.1) is 0 Å². The van der Waals surface area contributed by atoms with E-state index in [1.54, 1.807) is 0 Å². The van der Waals surface area contributed by atoms with Gasteiger partial charge in [0.15, 0.2) is 0 Å². The highest BCUT2D eigenvalue weighted by atomic mass is 16.5. The lowest BCUT2D eigenvalue weighted by Crippen LogP contribution is -2.13. The van der Waals surface area contributed by atoms with Crippen LogP contribution < -0.4 is 5.32 Å². The van der Waals surface area contributed by atoms with Crippen LogP contribution in [0.15, 0.2) is 0 Å². The van der Waals surface area contributed by atoms with Crippen molar-refractivity contribution in [2.75, 3.05) is 19.7 Å². The molecule has 0 radical (unpaired) electrons. The van der Waals surface area contributed by atoms with Crippen molar-refractivity contribution < 1.29 is 4.74 Å². The summed E-state index contributed by atoms with van der Waals surface area (Å²) < 4.78 is 5.60. The van der Waals surface area contributed by atoms with Crippen molar-refractivity contribution in [3.63, 3.8) is 0 Å². The maximum atomic E-state index is 5.60. The molecular weight excluding hydrogens is 174 g/mol. The van der Waals surface area contributed by atoms with Gasteiger partial charge in [0.2, 0.25) is 0 Å². The molecule has 0 aliphatic heterocycles. The minimum absolute atomic E-state index is 0.441. The molecule has 2 nitrogen and oxygen atoms in total. The van der Waals surface area contributed by atoms with Crippen LogP contribution in [0.25, 0.3) is 0 Å². The molecular formula is C12H27NO. The van der Waals surface area contributed by atoms with Crippen molar-refractivity contribution in [3.05, 3.63) is 0 Å². The Labute approximate surface area is 89.4 Å². The highest BCUT2D eigenvalue weighted by molar-refractivity contribution is 4.48. The van der Waals surface area contributed by atoms with E-state index in [1.807, 2.05) is 0 Å². The lowest BCUT2D eigenvalue weighted by molar-refractivity contribution is 0.0608. The molecule has 86 valence electrons. The van der Waals surface area contributed by atoms with Crippen LogP contribution in [0.3, 0.4) is 0 Å². The average molecular weight is 201 g/mol. The quantitative estimate of drug-likeness (QED) is 0.549. The van der Waals surface area contributed by atoms with Crippen LogP contribution in [0.1, 0.15) is 52.9 Å². The fourth-order valence-corrected chi connectivity index (χ4v) is 1.28. The van der Waals surface area contributed by atoms with Gasteiger partial charge in [0.05, 0.1) is 6.10 Å². The Morgan fingerprint density at radius 1 is 1.07 bits per heavy atom. The van der Waals surface area contributed by atoms with Crippen LogP contribution in [0.4, 0.5) is 0 Å². The van der Waals surface area contributed by atoms with Gasteiger partial charge in [0.25, 0.3) is 0 Å². The number of hydrogen-bond donors (Lipinski definition) is 1. The van der Waals surface area contributed by atoms with E-state index in [-0.39, 0.29) is 0 Å². The van der Waals surface area contributed by atoms with Gasteiger partial charge in [-0.3, -0.25) is 0 Å². The third-order valence-corrected chi connectivity index (χ3v) is 2.48. The van der Waals surface area contributed by atoms with Gasteiger partial charge in [-0.2, -0.15) is 0 Å². The molecule has 2 heteroatoms. The van der Waals surface area contributed by atoms with Gasteiger partial charge >= 0.3 is 0 Å². The second kappa shape index (κ2) is 11.0. The third-order valence-electron chi connectivity index (χ3n) is 2.48. The number of rotatable bonds is 10. The molecule has 0 saturated heterocycles. The van der Waals surface area contributed by atoms with Crippen molar-refractivity contribution in [2.24, 2.45) is 0 Å². The monoisotopic (exact) mass is 201 g/mol. The Kier molecular flexibility index (Phi) is 10.9. The van der Waals surface area contributed by atoms with Crippen LogP contribution in [-0.4, -0.2) is 25.8 Å². The highest BCUT2D eigenvalue weighted by Gasteiger charge is 1.96. The standard InChI is InChI=1S/C12H27NO/c1-4-12(3)14-11-9-7-6-8-10-13-5-2/h12-13H,4-11H2,1-3H3. The van der Waals surface area contributed by atoms with Gasteiger partial charge in [-0.1, -0.05) is 26.7 Å². The lowest BCUT2D eigenvalue weighted by atomic mass is 10.2. The molecule has 0 rings (SSSR count). The minimum atomic E-state index is 0.441. The van der Waals surface area contributed by atoms with E-state index in [9.17, 15) is 0 Å². The van der Waals surface area contributed by atoms with Crippen molar-refractivity contribution in [2.45, 2.75) is 59.0 Å². The molecule has 1 unspecified atom stereocenters. The van der Waals surface area contributed by atoms with Gasteiger partial charge in [0, 0.05) is 6.61 Å². The molecule has 1 N–H and O–H groups in total. The topological polar surface area (TPSA) is 21.3 Å². The van der Waals surface area contributed by atoms with Crippen molar-refractivity contribution >= 4 is 0 Å². The second-order valence-corrected chi connectivity index (χ2v) is 3.86. The molecule has 1 atom stereocenters.